The number of carbonyl (C=O) groups excluding carboxylic acids is 2. The Morgan fingerprint density at radius 1 is 1.23 bits per heavy atom. The third-order valence-corrected chi connectivity index (χ3v) is 3.47. The molecule has 1 aliphatic rings. The Hall–Kier alpha value is -2.36. The number of fused-ring (bicyclic) bond motifs is 1. The van der Waals surface area contributed by atoms with Gasteiger partial charge in [-0.3, -0.25) is 9.59 Å². The molecular formula is C12H17N3O7. The van der Waals surface area contributed by atoms with Gasteiger partial charge in [-0.1, -0.05) is 0 Å². The molecule has 0 amide bonds. The highest BCUT2D eigenvalue weighted by Gasteiger charge is 2.40. The lowest BCUT2D eigenvalue weighted by molar-refractivity contribution is -0.164. The molecule has 0 aromatic carbocycles. The third kappa shape index (κ3) is 2.69. The summed E-state index contributed by atoms with van der Waals surface area (Å²) < 4.78 is 12.8. The van der Waals surface area contributed by atoms with Crippen molar-refractivity contribution in [2.45, 2.75) is 38.6 Å². The van der Waals surface area contributed by atoms with E-state index in [9.17, 15) is 24.3 Å². The van der Waals surface area contributed by atoms with E-state index in [4.69, 9.17) is 9.47 Å². The van der Waals surface area contributed by atoms with E-state index in [-0.39, 0.29) is 13.2 Å². The topological polar surface area (TPSA) is 122 Å². The van der Waals surface area contributed by atoms with Crippen molar-refractivity contribution < 1.29 is 24.2 Å². The van der Waals surface area contributed by atoms with Crippen LogP contribution in [0.2, 0.25) is 0 Å². The number of carbonyl (C=O) groups is 2. The van der Waals surface area contributed by atoms with Crippen molar-refractivity contribution in [2.75, 3.05) is 6.61 Å². The Morgan fingerprint density at radius 2 is 1.86 bits per heavy atom. The second-order valence-electron chi connectivity index (χ2n) is 5.06. The molecule has 1 aromatic heterocycles. The fourth-order valence-corrected chi connectivity index (χ4v) is 2.45. The molecule has 1 N–H and O–H groups in total. The lowest BCUT2D eigenvalue weighted by Gasteiger charge is -2.35. The van der Waals surface area contributed by atoms with Crippen molar-refractivity contribution in [2.24, 2.45) is 7.05 Å². The normalized spacial score (nSPS) is 23.7. The van der Waals surface area contributed by atoms with Gasteiger partial charge in [0.05, 0.1) is 6.54 Å². The van der Waals surface area contributed by atoms with Gasteiger partial charge >= 0.3 is 23.3 Å². The Kier molecular flexibility index (Phi) is 4.22. The maximum atomic E-state index is 12.1. The van der Waals surface area contributed by atoms with Gasteiger partial charge in [0.2, 0.25) is 0 Å². The molecule has 0 saturated carbocycles. The molecule has 10 heteroatoms. The van der Waals surface area contributed by atoms with E-state index in [0.29, 0.717) is 0 Å². The van der Waals surface area contributed by atoms with Gasteiger partial charge < -0.3 is 14.6 Å². The van der Waals surface area contributed by atoms with E-state index < -0.39 is 41.6 Å². The van der Waals surface area contributed by atoms with Crippen LogP contribution in [0.15, 0.2) is 9.59 Å². The van der Waals surface area contributed by atoms with Crippen LogP contribution in [0.1, 0.15) is 19.9 Å². The maximum absolute atomic E-state index is 12.1. The smallest absolute Gasteiger partial charge is 0.347 e. The van der Waals surface area contributed by atoms with Crippen LogP contribution in [0.5, 0.6) is 0 Å². The molecule has 0 unspecified atom stereocenters. The van der Waals surface area contributed by atoms with Crippen molar-refractivity contribution in [3.63, 3.8) is 0 Å². The van der Waals surface area contributed by atoms with Crippen LogP contribution in [-0.2, 0) is 32.7 Å². The average molecular weight is 315 g/mol. The molecule has 22 heavy (non-hydrogen) atoms. The molecule has 10 nitrogen and oxygen atoms in total. The highest BCUT2D eigenvalue weighted by Crippen LogP contribution is 2.21. The predicted molar refractivity (Wildman–Crippen MR) is 71.2 cm³/mol. The first-order chi connectivity index (χ1) is 10.2. The molecular weight excluding hydrogens is 298 g/mol. The van der Waals surface area contributed by atoms with Gasteiger partial charge in [0.15, 0.2) is 0 Å². The first-order valence-electron chi connectivity index (χ1n) is 6.61. The summed E-state index contributed by atoms with van der Waals surface area (Å²) in [5.74, 6) is -1.23. The van der Waals surface area contributed by atoms with Gasteiger partial charge in [-0.2, -0.15) is 0 Å². The maximum Gasteiger partial charge on any atom is 0.347 e. The summed E-state index contributed by atoms with van der Waals surface area (Å²) in [7, 11) is 1.29. The molecule has 0 bridgehead atoms. The fraction of sp³-hybridized carbons (Fsp3) is 0.667. The van der Waals surface area contributed by atoms with Crippen LogP contribution in [0.25, 0.3) is 0 Å². The minimum atomic E-state index is -1.29. The Balaban J connectivity index is 2.48. The zero-order valence-electron chi connectivity index (χ0n) is 12.4. The van der Waals surface area contributed by atoms with Gasteiger partial charge in [0.1, 0.15) is 24.9 Å². The van der Waals surface area contributed by atoms with Crippen molar-refractivity contribution in [3.05, 3.63) is 21.0 Å². The van der Waals surface area contributed by atoms with Crippen molar-refractivity contribution in [1.82, 2.24) is 13.9 Å². The minimum Gasteiger partial charge on any atom is -0.463 e. The van der Waals surface area contributed by atoms with E-state index in [1.54, 1.807) is 0 Å². The molecule has 0 aliphatic carbocycles. The van der Waals surface area contributed by atoms with Crippen LogP contribution in [-0.4, -0.2) is 49.8 Å². The summed E-state index contributed by atoms with van der Waals surface area (Å²) in [4.78, 5) is 46.2. The second-order valence-corrected chi connectivity index (χ2v) is 5.06. The van der Waals surface area contributed by atoms with Crippen LogP contribution < -0.4 is 11.4 Å². The summed E-state index contributed by atoms with van der Waals surface area (Å²) in [5.41, 5.74) is -1.26. The molecule has 3 atom stereocenters. The van der Waals surface area contributed by atoms with Gasteiger partial charge in [-0.05, 0) is 0 Å². The molecule has 2 heterocycles. The predicted octanol–water partition coefficient (Wildman–Crippen LogP) is -2.24. The Morgan fingerprint density at radius 3 is 2.41 bits per heavy atom. The summed E-state index contributed by atoms with van der Waals surface area (Å²) in [6.07, 6.45) is -2.31. The zero-order valence-corrected chi connectivity index (χ0v) is 12.4. The van der Waals surface area contributed by atoms with Crippen LogP contribution in [0.3, 0.4) is 0 Å². The largest absolute Gasteiger partial charge is 0.463 e. The molecule has 122 valence electrons. The van der Waals surface area contributed by atoms with Crippen LogP contribution in [0, 0.1) is 0 Å². The van der Waals surface area contributed by atoms with E-state index in [0.717, 1.165) is 13.9 Å². The van der Waals surface area contributed by atoms with E-state index in [2.05, 4.69) is 0 Å². The van der Waals surface area contributed by atoms with E-state index in [1.807, 2.05) is 0 Å². The van der Waals surface area contributed by atoms with E-state index >= 15 is 0 Å². The van der Waals surface area contributed by atoms with Gasteiger partial charge in [-0.15, -0.1) is 0 Å². The van der Waals surface area contributed by atoms with Crippen molar-refractivity contribution in [1.29, 1.82) is 0 Å². The van der Waals surface area contributed by atoms with Gasteiger partial charge in [0, 0.05) is 20.9 Å². The SMILES string of the molecule is CC(=O)OC[C@@H]1[C@H](O)[C@H](OC(C)=O)Cn2c(=O)n(C)c(=O)n21. The second kappa shape index (κ2) is 5.79. The lowest BCUT2D eigenvalue weighted by atomic mass is 10.0. The summed E-state index contributed by atoms with van der Waals surface area (Å²) in [6.45, 7) is 1.87. The van der Waals surface area contributed by atoms with Gasteiger partial charge in [0.25, 0.3) is 0 Å². The van der Waals surface area contributed by atoms with Gasteiger partial charge in [-0.25, -0.2) is 23.5 Å². The molecule has 0 fully saturated rings. The van der Waals surface area contributed by atoms with Crippen molar-refractivity contribution in [3.8, 4) is 0 Å². The quantitative estimate of drug-likeness (QED) is 0.626. The number of aliphatic hydroxyl groups excluding tert-OH is 1. The van der Waals surface area contributed by atoms with Crippen LogP contribution >= 0.6 is 0 Å². The average Bonchev–Trinajstić information content (AvgIpc) is 2.63. The Labute approximate surface area is 124 Å². The standard InChI is InChI=1S/C12H17N3O7/c1-6(16)21-5-8-10(18)9(22-7(2)17)4-14-11(19)13(3)12(20)15(8)14/h8-10,18H,4-5H2,1-3H3/t8-,9-,10+/m1/s1. The molecule has 1 aromatic rings. The fourth-order valence-electron chi connectivity index (χ4n) is 2.45. The molecule has 0 radical (unpaired) electrons. The Bertz CT molecular complexity index is 713. The number of ether oxygens (including phenoxy) is 2. The zero-order chi connectivity index (χ0) is 16.6. The van der Waals surface area contributed by atoms with Crippen LogP contribution in [0.4, 0.5) is 0 Å². The summed E-state index contributed by atoms with van der Waals surface area (Å²) in [5, 5.41) is 10.3. The number of aliphatic hydroxyl groups is 1. The molecule has 0 saturated heterocycles. The number of aromatic nitrogens is 3. The number of esters is 2. The molecule has 2 rings (SSSR count). The number of rotatable bonds is 3. The lowest BCUT2D eigenvalue weighted by Crippen LogP contribution is -2.53. The molecule has 0 spiro atoms. The summed E-state index contributed by atoms with van der Waals surface area (Å²) >= 11 is 0. The number of hydrogen-bond donors (Lipinski definition) is 1. The van der Waals surface area contributed by atoms with Crippen molar-refractivity contribution >= 4 is 11.9 Å². The number of nitrogens with zero attached hydrogens (tertiary/aromatic N) is 3. The first kappa shape index (κ1) is 16.0. The minimum absolute atomic E-state index is 0.160. The summed E-state index contributed by atoms with van der Waals surface area (Å²) in [6, 6.07) is -1.02. The third-order valence-electron chi connectivity index (χ3n) is 3.47. The van der Waals surface area contributed by atoms with E-state index in [1.165, 1.54) is 20.9 Å². The number of hydrogen-bond acceptors (Lipinski definition) is 7. The molecule has 1 aliphatic heterocycles. The first-order valence-corrected chi connectivity index (χ1v) is 6.61. The highest BCUT2D eigenvalue weighted by atomic mass is 16.6. The monoisotopic (exact) mass is 315 g/mol. The highest BCUT2D eigenvalue weighted by molar-refractivity contribution is 5.66.